The summed E-state index contributed by atoms with van der Waals surface area (Å²) in [5.41, 5.74) is 1.68. The van der Waals surface area contributed by atoms with Crippen LogP contribution in [0.2, 0.25) is 5.02 Å². The lowest BCUT2D eigenvalue weighted by Gasteiger charge is -2.07. The lowest BCUT2D eigenvalue weighted by molar-refractivity contribution is 0.637. The maximum atomic E-state index is 12.8. The monoisotopic (exact) mass is 357 g/mol. The van der Waals surface area contributed by atoms with Crippen LogP contribution in [0, 0.1) is 6.92 Å². The second kappa shape index (κ2) is 5.35. The van der Waals surface area contributed by atoms with E-state index in [2.05, 4.69) is 4.98 Å². The van der Waals surface area contributed by atoms with Crippen molar-refractivity contribution in [1.29, 1.82) is 0 Å². The third-order valence-corrected chi connectivity index (χ3v) is 4.76. The van der Waals surface area contributed by atoms with Crippen LogP contribution < -0.4 is 11.2 Å². The summed E-state index contributed by atoms with van der Waals surface area (Å²) in [7, 11) is 1.62. The highest BCUT2D eigenvalue weighted by Gasteiger charge is 2.20. The SMILES string of the molecule is CCn1c(=O)c2c(nc3n(-c4ccccc4Cl)c(C)cn23)n(C)c1=O. The topological polar surface area (TPSA) is 66.2 Å². The molecular formula is C17H16ClN5O2. The number of imidazole rings is 2. The molecule has 0 saturated heterocycles. The highest BCUT2D eigenvalue weighted by Crippen LogP contribution is 2.25. The Morgan fingerprint density at radius 2 is 1.92 bits per heavy atom. The van der Waals surface area contributed by atoms with E-state index in [0.717, 1.165) is 11.4 Å². The Morgan fingerprint density at radius 1 is 1.20 bits per heavy atom. The minimum atomic E-state index is -0.373. The molecule has 0 aliphatic heterocycles. The van der Waals surface area contributed by atoms with Crippen molar-refractivity contribution < 1.29 is 0 Å². The molecule has 0 aliphatic carbocycles. The molecule has 0 aliphatic rings. The van der Waals surface area contributed by atoms with E-state index in [0.29, 0.717) is 28.5 Å². The Hall–Kier alpha value is -2.80. The fourth-order valence-corrected chi connectivity index (χ4v) is 3.44. The van der Waals surface area contributed by atoms with Crippen LogP contribution in [0.1, 0.15) is 12.6 Å². The summed E-state index contributed by atoms with van der Waals surface area (Å²) >= 11 is 6.34. The van der Waals surface area contributed by atoms with E-state index in [9.17, 15) is 9.59 Å². The molecule has 8 heteroatoms. The largest absolute Gasteiger partial charge is 0.332 e. The van der Waals surface area contributed by atoms with E-state index in [4.69, 9.17) is 11.6 Å². The third kappa shape index (κ3) is 2.02. The van der Waals surface area contributed by atoms with Crippen LogP contribution in [0.5, 0.6) is 0 Å². The maximum absolute atomic E-state index is 12.8. The van der Waals surface area contributed by atoms with Gasteiger partial charge in [-0.3, -0.25) is 22.9 Å². The molecule has 0 N–H and O–H groups in total. The van der Waals surface area contributed by atoms with Crippen molar-refractivity contribution in [3.05, 3.63) is 62.0 Å². The number of fused-ring (bicyclic) bond motifs is 3. The number of hydrogen-bond donors (Lipinski definition) is 0. The van der Waals surface area contributed by atoms with Crippen LogP contribution in [0.25, 0.3) is 22.6 Å². The minimum Gasteiger partial charge on any atom is -0.281 e. The highest BCUT2D eigenvalue weighted by molar-refractivity contribution is 6.32. The second-order valence-corrected chi connectivity index (χ2v) is 6.31. The van der Waals surface area contributed by atoms with Gasteiger partial charge >= 0.3 is 5.69 Å². The van der Waals surface area contributed by atoms with Crippen molar-refractivity contribution in [3.63, 3.8) is 0 Å². The van der Waals surface area contributed by atoms with Gasteiger partial charge in [-0.05, 0) is 26.0 Å². The van der Waals surface area contributed by atoms with Gasteiger partial charge in [-0.1, -0.05) is 23.7 Å². The van der Waals surface area contributed by atoms with Gasteiger partial charge in [0.15, 0.2) is 11.2 Å². The van der Waals surface area contributed by atoms with Gasteiger partial charge in [0.2, 0.25) is 5.78 Å². The molecule has 4 aromatic rings. The summed E-state index contributed by atoms with van der Waals surface area (Å²) in [6.45, 7) is 4.00. The van der Waals surface area contributed by atoms with E-state index in [1.807, 2.05) is 35.9 Å². The number of para-hydroxylation sites is 1. The van der Waals surface area contributed by atoms with Gasteiger partial charge in [-0.2, -0.15) is 4.98 Å². The van der Waals surface area contributed by atoms with Crippen molar-refractivity contribution >= 4 is 28.5 Å². The standard InChI is InChI=1S/C17H16ClN5O2/c1-4-21-15(24)13-14(20(3)17(21)25)19-16-22(13)9-10(2)23(16)12-8-6-5-7-11(12)18/h5-9H,4H2,1-3H3. The van der Waals surface area contributed by atoms with E-state index in [1.54, 1.807) is 24.4 Å². The van der Waals surface area contributed by atoms with E-state index in [1.165, 1.54) is 9.13 Å². The van der Waals surface area contributed by atoms with Crippen LogP contribution in [0.4, 0.5) is 0 Å². The summed E-state index contributed by atoms with van der Waals surface area (Å²) in [5.74, 6) is 0.543. The smallest absolute Gasteiger partial charge is 0.281 e. The molecule has 25 heavy (non-hydrogen) atoms. The van der Waals surface area contributed by atoms with Crippen LogP contribution in [0.3, 0.4) is 0 Å². The average Bonchev–Trinajstić information content (AvgIpc) is 3.09. The molecular weight excluding hydrogens is 342 g/mol. The summed E-state index contributed by atoms with van der Waals surface area (Å²) < 4.78 is 6.21. The number of nitrogens with zero attached hydrogens (tertiary/aromatic N) is 5. The number of hydrogen-bond acceptors (Lipinski definition) is 3. The molecule has 0 radical (unpaired) electrons. The van der Waals surface area contributed by atoms with Gasteiger partial charge in [0.1, 0.15) is 0 Å². The summed E-state index contributed by atoms with van der Waals surface area (Å²) in [5, 5.41) is 0.579. The van der Waals surface area contributed by atoms with Crippen molar-refractivity contribution in [2.24, 2.45) is 7.05 Å². The molecule has 0 unspecified atom stereocenters. The van der Waals surface area contributed by atoms with Gasteiger partial charge in [0.25, 0.3) is 5.56 Å². The predicted octanol–water partition coefficient (Wildman–Crippen LogP) is 2.12. The van der Waals surface area contributed by atoms with Crippen molar-refractivity contribution in [2.45, 2.75) is 20.4 Å². The van der Waals surface area contributed by atoms with E-state index in [-0.39, 0.29) is 11.2 Å². The molecule has 128 valence electrons. The zero-order chi connectivity index (χ0) is 17.9. The average molecular weight is 358 g/mol. The Kier molecular flexibility index (Phi) is 3.36. The number of rotatable bonds is 2. The zero-order valence-electron chi connectivity index (χ0n) is 14.0. The van der Waals surface area contributed by atoms with Crippen LogP contribution >= 0.6 is 11.6 Å². The van der Waals surface area contributed by atoms with Gasteiger partial charge in [-0.25, -0.2) is 4.79 Å². The van der Waals surface area contributed by atoms with Crippen molar-refractivity contribution in [2.75, 3.05) is 0 Å². The molecule has 0 fully saturated rings. The molecule has 7 nitrogen and oxygen atoms in total. The van der Waals surface area contributed by atoms with E-state index < -0.39 is 0 Å². The number of benzene rings is 1. The molecule has 0 atom stereocenters. The van der Waals surface area contributed by atoms with Gasteiger partial charge in [-0.15, -0.1) is 0 Å². The first-order valence-electron chi connectivity index (χ1n) is 7.90. The molecule has 0 bridgehead atoms. The summed E-state index contributed by atoms with van der Waals surface area (Å²) in [4.78, 5) is 29.7. The first-order valence-corrected chi connectivity index (χ1v) is 8.28. The minimum absolute atomic E-state index is 0.304. The maximum Gasteiger partial charge on any atom is 0.332 e. The quantitative estimate of drug-likeness (QED) is 0.552. The molecule has 4 rings (SSSR count). The Morgan fingerprint density at radius 3 is 2.60 bits per heavy atom. The normalized spacial score (nSPS) is 11.7. The lowest BCUT2D eigenvalue weighted by atomic mass is 10.3. The predicted molar refractivity (Wildman–Crippen MR) is 96.9 cm³/mol. The molecule has 3 heterocycles. The van der Waals surface area contributed by atoms with Crippen molar-refractivity contribution in [3.8, 4) is 5.69 Å². The van der Waals surface area contributed by atoms with Crippen LogP contribution in [0.15, 0.2) is 40.1 Å². The van der Waals surface area contributed by atoms with Crippen LogP contribution in [-0.2, 0) is 13.6 Å². The Labute approximate surface area is 147 Å². The summed E-state index contributed by atoms with van der Waals surface area (Å²) in [6.07, 6.45) is 1.83. The van der Waals surface area contributed by atoms with Crippen molar-refractivity contribution in [1.82, 2.24) is 23.1 Å². The van der Waals surface area contributed by atoms with Gasteiger partial charge < -0.3 is 0 Å². The highest BCUT2D eigenvalue weighted by atomic mass is 35.5. The number of aryl methyl sites for hydroxylation is 2. The molecule has 3 aromatic heterocycles. The first kappa shape index (κ1) is 15.7. The van der Waals surface area contributed by atoms with Gasteiger partial charge in [0.05, 0.1) is 10.7 Å². The lowest BCUT2D eigenvalue weighted by Crippen LogP contribution is -2.38. The van der Waals surface area contributed by atoms with Crippen LogP contribution in [-0.4, -0.2) is 23.1 Å². The van der Waals surface area contributed by atoms with E-state index >= 15 is 0 Å². The fourth-order valence-electron chi connectivity index (χ4n) is 3.22. The zero-order valence-corrected chi connectivity index (χ0v) is 14.8. The fraction of sp³-hybridized carbons (Fsp3) is 0.235. The Balaban J connectivity index is 2.22. The number of aromatic nitrogens is 5. The number of halogens is 1. The molecule has 1 aromatic carbocycles. The van der Waals surface area contributed by atoms with Gasteiger partial charge in [0, 0.05) is 25.5 Å². The third-order valence-electron chi connectivity index (χ3n) is 4.44. The Bertz CT molecular complexity index is 1260. The molecule has 0 amide bonds. The summed E-state index contributed by atoms with van der Waals surface area (Å²) in [6, 6.07) is 7.43. The first-order chi connectivity index (χ1) is 12.0. The molecule has 0 saturated carbocycles. The second-order valence-electron chi connectivity index (χ2n) is 5.90. The molecule has 0 spiro atoms.